The molecule has 0 aliphatic rings. The van der Waals surface area contributed by atoms with Crippen molar-refractivity contribution in [2.45, 2.75) is 19.3 Å². The van der Waals surface area contributed by atoms with E-state index in [0.717, 1.165) is 10.6 Å². The summed E-state index contributed by atoms with van der Waals surface area (Å²) in [5, 5.41) is 12.1. The summed E-state index contributed by atoms with van der Waals surface area (Å²) < 4.78 is 13.0. The van der Waals surface area contributed by atoms with E-state index in [1.807, 2.05) is 35.7 Å². The molecule has 0 aliphatic carbocycles. The molecular weight excluding hydrogens is 365 g/mol. The molecule has 0 fully saturated rings. The molecule has 6 heteroatoms. The quantitative estimate of drug-likeness (QED) is 0.626. The zero-order chi connectivity index (χ0) is 19.2. The van der Waals surface area contributed by atoms with Crippen LogP contribution in [0.2, 0.25) is 0 Å². The summed E-state index contributed by atoms with van der Waals surface area (Å²) >= 11 is 1.46. The van der Waals surface area contributed by atoms with Crippen molar-refractivity contribution in [2.24, 2.45) is 5.92 Å². The lowest BCUT2D eigenvalue weighted by atomic mass is 9.93. The summed E-state index contributed by atoms with van der Waals surface area (Å²) in [6.07, 6.45) is 0.217. The molecule has 3 rings (SSSR count). The number of aromatic nitrogens is 1. The monoisotopic (exact) mass is 383 g/mol. The topological polar surface area (TPSA) is 67.3 Å². The van der Waals surface area contributed by atoms with Crippen molar-refractivity contribution in [1.29, 1.82) is 0 Å². The van der Waals surface area contributed by atoms with Gasteiger partial charge in [-0.3, -0.25) is 9.59 Å². The smallest absolute Gasteiger partial charge is 0.307 e. The molecule has 0 saturated heterocycles. The van der Waals surface area contributed by atoms with Crippen LogP contribution in [0.15, 0.2) is 60.0 Å². The average Bonchev–Trinajstić information content (AvgIpc) is 3.12. The van der Waals surface area contributed by atoms with Crippen molar-refractivity contribution < 1.29 is 19.1 Å². The van der Waals surface area contributed by atoms with Crippen LogP contribution in [0.1, 0.15) is 17.7 Å². The highest BCUT2D eigenvalue weighted by molar-refractivity contribution is 7.13. The maximum atomic E-state index is 13.0. The maximum Gasteiger partial charge on any atom is 0.307 e. The van der Waals surface area contributed by atoms with Crippen molar-refractivity contribution in [3.63, 3.8) is 0 Å². The molecule has 1 unspecified atom stereocenters. The van der Waals surface area contributed by atoms with E-state index in [4.69, 9.17) is 0 Å². The molecule has 4 nitrogen and oxygen atoms in total. The summed E-state index contributed by atoms with van der Waals surface area (Å²) in [5.74, 6) is -2.42. The molecule has 0 saturated carbocycles. The molecular formula is C21H18FNO3S. The van der Waals surface area contributed by atoms with Crippen LogP contribution < -0.4 is 0 Å². The number of carbonyl (C=O) groups is 2. The van der Waals surface area contributed by atoms with Gasteiger partial charge in [-0.15, -0.1) is 11.3 Å². The Morgan fingerprint density at radius 3 is 2.44 bits per heavy atom. The number of aliphatic carboxylic acids is 1. The lowest BCUT2D eigenvalue weighted by molar-refractivity contribution is -0.143. The van der Waals surface area contributed by atoms with Gasteiger partial charge < -0.3 is 5.11 Å². The number of rotatable bonds is 8. The van der Waals surface area contributed by atoms with Crippen LogP contribution in [0.5, 0.6) is 0 Å². The molecule has 0 spiro atoms. The van der Waals surface area contributed by atoms with Gasteiger partial charge in [-0.05, 0) is 24.1 Å². The third-order valence-electron chi connectivity index (χ3n) is 4.17. The first-order valence-corrected chi connectivity index (χ1v) is 9.38. The van der Waals surface area contributed by atoms with E-state index in [1.54, 1.807) is 12.1 Å². The van der Waals surface area contributed by atoms with Crippen molar-refractivity contribution in [2.75, 3.05) is 0 Å². The number of benzene rings is 2. The molecule has 0 amide bonds. The summed E-state index contributed by atoms with van der Waals surface area (Å²) in [6, 6.07) is 15.3. The van der Waals surface area contributed by atoms with Crippen molar-refractivity contribution in [3.05, 3.63) is 77.1 Å². The van der Waals surface area contributed by atoms with Gasteiger partial charge in [0.15, 0.2) is 0 Å². The Hall–Kier alpha value is -2.86. The van der Waals surface area contributed by atoms with Gasteiger partial charge in [0.05, 0.1) is 11.6 Å². The van der Waals surface area contributed by atoms with Gasteiger partial charge in [-0.1, -0.05) is 42.5 Å². The van der Waals surface area contributed by atoms with E-state index in [0.29, 0.717) is 11.3 Å². The molecule has 1 aromatic heterocycles. The van der Waals surface area contributed by atoms with Crippen LogP contribution in [-0.4, -0.2) is 21.8 Å². The highest BCUT2D eigenvalue weighted by Gasteiger charge is 2.22. The van der Waals surface area contributed by atoms with Gasteiger partial charge in [0.2, 0.25) is 0 Å². The predicted molar refractivity (Wildman–Crippen MR) is 102 cm³/mol. The van der Waals surface area contributed by atoms with Crippen molar-refractivity contribution >= 4 is 23.1 Å². The Kier molecular flexibility index (Phi) is 6.08. The summed E-state index contributed by atoms with van der Waals surface area (Å²) in [7, 11) is 0. The number of ketones is 1. The molecule has 1 atom stereocenters. The SMILES string of the molecule is O=C(Cc1csc(-c2ccccc2)n1)CC(Cc1ccc(F)cc1)C(=O)O. The van der Waals surface area contributed by atoms with Crippen molar-refractivity contribution in [3.8, 4) is 10.6 Å². The highest BCUT2D eigenvalue weighted by Crippen LogP contribution is 2.24. The second kappa shape index (κ2) is 8.68. The van der Waals surface area contributed by atoms with Crippen molar-refractivity contribution in [1.82, 2.24) is 4.98 Å². The van der Waals surface area contributed by atoms with Gasteiger partial charge in [0.1, 0.15) is 16.6 Å². The van der Waals surface area contributed by atoms with E-state index >= 15 is 0 Å². The second-order valence-electron chi connectivity index (χ2n) is 6.30. The summed E-state index contributed by atoms with van der Waals surface area (Å²) in [4.78, 5) is 28.3. The minimum atomic E-state index is -1.03. The van der Waals surface area contributed by atoms with Crippen LogP contribution in [0, 0.1) is 11.7 Å². The van der Waals surface area contributed by atoms with Crippen LogP contribution in [0.4, 0.5) is 4.39 Å². The number of carbonyl (C=O) groups excluding carboxylic acids is 1. The summed E-state index contributed by atoms with van der Waals surface area (Å²) in [6.45, 7) is 0. The molecule has 1 heterocycles. The van der Waals surface area contributed by atoms with Gasteiger partial charge in [0.25, 0.3) is 0 Å². The number of carboxylic acids is 1. The van der Waals surface area contributed by atoms with E-state index in [2.05, 4.69) is 4.98 Å². The molecule has 3 aromatic rings. The largest absolute Gasteiger partial charge is 0.481 e. The molecule has 138 valence electrons. The number of hydrogen-bond acceptors (Lipinski definition) is 4. The van der Waals surface area contributed by atoms with Gasteiger partial charge in [-0.25, -0.2) is 9.37 Å². The Labute approximate surface area is 160 Å². The molecule has 2 aromatic carbocycles. The van der Waals surface area contributed by atoms with Crippen LogP contribution in [0.3, 0.4) is 0 Å². The molecule has 1 N–H and O–H groups in total. The Balaban J connectivity index is 1.62. The molecule has 27 heavy (non-hydrogen) atoms. The highest BCUT2D eigenvalue weighted by atomic mass is 32.1. The number of Topliss-reactive ketones (excluding diaryl/α,β-unsaturated/α-hetero) is 1. The maximum absolute atomic E-state index is 13.0. The Morgan fingerprint density at radius 2 is 1.78 bits per heavy atom. The van der Waals surface area contributed by atoms with Gasteiger partial charge >= 0.3 is 5.97 Å². The number of thiazole rings is 1. The third kappa shape index (κ3) is 5.31. The van der Waals surface area contributed by atoms with Crippen LogP contribution in [-0.2, 0) is 22.4 Å². The first-order chi connectivity index (χ1) is 13.0. The minimum Gasteiger partial charge on any atom is -0.481 e. The van der Waals surface area contributed by atoms with E-state index < -0.39 is 11.9 Å². The number of hydrogen-bond donors (Lipinski definition) is 1. The number of halogens is 1. The third-order valence-corrected chi connectivity index (χ3v) is 5.11. The lowest BCUT2D eigenvalue weighted by Crippen LogP contribution is -2.21. The average molecular weight is 383 g/mol. The zero-order valence-electron chi connectivity index (χ0n) is 14.5. The van der Waals surface area contributed by atoms with Gasteiger partial charge in [-0.2, -0.15) is 0 Å². The number of carboxylic acid groups (broad SMARTS) is 1. The lowest BCUT2D eigenvalue weighted by Gasteiger charge is -2.11. The van der Waals surface area contributed by atoms with Crippen LogP contribution >= 0.6 is 11.3 Å². The van der Waals surface area contributed by atoms with Crippen LogP contribution in [0.25, 0.3) is 10.6 Å². The fourth-order valence-corrected chi connectivity index (χ4v) is 3.63. The molecule has 0 aliphatic heterocycles. The molecule has 0 radical (unpaired) electrons. The van der Waals surface area contributed by atoms with E-state index in [9.17, 15) is 19.1 Å². The minimum absolute atomic E-state index is 0.0785. The van der Waals surface area contributed by atoms with E-state index in [-0.39, 0.29) is 30.9 Å². The first kappa shape index (κ1) is 18.9. The molecule has 0 bridgehead atoms. The first-order valence-electron chi connectivity index (χ1n) is 8.50. The normalized spacial score (nSPS) is 11.9. The second-order valence-corrected chi connectivity index (χ2v) is 7.15. The number of nitrogens with zero attached hydrogens (tertiary/aromatic N) is 1. The fraction of sp³-hybridized carbons (Fsp3) is 0.190. The van der Waals surface area contributed by atoms with E-state index in [1.165, 1.54) is 23.5 Å². The Bertz CT molecular complexity index is 922. The summed E-state index contributed by atoms with van der Waals surface area (Å²) in [5.41, 5.74) is 2.33. The standard InChI is InChI=1S/C21H18FNO3S/c22-17-8-6-14(7-9-17)10-16(21(25)26)11-19(24)12-18-13-27-20(23-18)15-4-2-1-3-5-15/h1-9,13,16H,10-12H2,(H,25,26). The fourth-order valence-electron chi connectivity index (χ4n) is 2.80. The Morgan fingerprint density at radius 1 is 1.07 bits per heavy atom. The zero-order valence-corrected chi connectivity index (χ0v) is 15.3. The van der Waals surface area contributed by atoms with Gasteiger partial charge in [0, 0.05) is 23.8 Å². The predicted octanol–water partition coefficient (Wildman–Crippen LogP) is 4.39.